The third-order valence-corrected chi connectivity index (χ3v) is 6.74. The van der Waals surface area contributed by atoms with Gasteiger partial charge in [0.2, 0.25) is 0 Å². The average molecular weight is 547 g/mol. The number of rotatable bonds is 16. The van der Waals surface area contributed by atoms with Gasteiger partial charge >= 0.3 is 12.1 Å². The summed E-state index contributed by atoms with van der Waals surface area (Å²) in [5, 5.41) is 0. The molecule has 6 heteroatoms. The van der Waals surface area contributed by atoms with E-state index in [1.807, 2.05) is 50.2 Å². The van der Waals surface area contributed by atoms with Gasteiger partial charge in [0.1, 0.15) is 17.2 Å². The molecule has 0 spiro atoms. The minimum atomic E-state index is -0.763. The van der Waals surface area contributed by atoms with Crippen molar-refractivity contribution in [3.05, 3.63) is 78.4 Å². The second-order valence-electron chi connectivity index (χ2n) is 10.1. The molecule has 0 aliphatic rings. The van der Waals surface area contributed by atoms with E-state index in [4.69, 9.17) is 18.9 Å². The molecule has 0 N–H and O–H groups in total. The number of benzene rings is 3. The Hall–Kier alpha value is -3.80. The summed E-state index contributed by atoms with van der Waals surface area (Å²) < 4.78 is 21.6. The van der Waals surface area contributed by atoms with Crippen LogP contribution in [0.25, 0.3) is 11.1 Å². The zero-order chi connectivity index (χ0) is 28.6. The van der Waals surface area contributed by atoms with Crippen LogP contribution in [0.4, 0.5) is 4.79 Å². The Morgan fingerprint density at radius 2 is 1.18 bits per heavy atom. The maximum absolute atomic E-state index is 12.6. The Kier molecular flexibility index (Phi) is 13.1. The molecule has 40 heavy (non-hydrogen) atoms. The zero-order valence-corrected chi connectivity index (χ0v) is 24.0. The first-order chi connectivity index (χ1) is 19.5. The maximum Gasteiger partial charge on any atom is 0.513 e. The molecule has 0 amide bonds. The van der Waals surface area contributed by atoms with E-state index in [9.17, 15) is 9.59 Å². The van der Waals surface area contributed by atoms with Gasteiger partial charge in [-0.05, 0) is 72.0 Å². The fraction of sp³-hybridized carbons (Fsp3) is 0.412. The first kappa shape index (κ1) is 30.7. The van der Waals surface area contributed by atoms with Crippen LogP contribution in [0.1, 0.15) is 82.5 Å². The Balaban J connectivity index is 1.42. The van der Waals surface area contributed by atoms with Crippen LogP contribution < -0.4 is 14.2 Å². The summed E-state index contributed by atoms with van der Waals surface area (Å²) in [5.41, 5.74) is 2.41. The van der Waals surface area contributed by atoms with Crippen molar-refractivity contribution in [2.45, 2.75) is 72.1 Å². The molecule has 0 aromatic heterocycles. The van der Waals surface area contributed by atoms with Crippen molar-refractivity contribution in [2.75, 3.05) is 13.2 Å². The summed E-state index contributed by atoms with van der Waals surface area (Å²) in [5.74, 6) is 1.38. The van der Waals surface area contributed by atoms with Crippen LogP contribution in [0.15, 0.2) is 72.8 Å². The first-order valence-corrected chi connectivity index (χ1v) is 14.5. The van der Waals surface area contributed by atoms with Crippen molar-refractivity contribution in [3.63, 3.8) is 0 Å². The highest BCUT2D eigenvalue weighted by molar-refractivity contribution is 5.91. The molecule has 0 unspecified atom stereocenters. The topological polar surface area (TPSA) is 71.1 Å². The van der Waals surface area contributed by atoms with Crippen LogP contribution in [0.2, 0.25) is 0 Å². The summed E-state index contributed by atoms with van der Waals surface area (Å²) in [6, 6.07) is 21.6. The van der Waals surface area contributed by atoms with E-state index in [0.717, 1.165) is 36.3 Å². The Morgan fingerprint density at radius 3 is 1.77 bits per heavy atom. The standard InChI is InChI=1S/C34H42O6/c1-4-6-7-8-9-10-11-24-37-30-18-12-27(13-19-30)28-14-20-31(21-15-28)39-33(35)29-16-22-32(23-17-29)40-34(36)38-25-26(3)5-2/h12-23,26H,4-11,24-25H2,1-3H3/t26-/m0/s1. The van der Waals surface area contributed by atoms with Gasteiger partial charge in [-0.3, -0.25) is 0 Å². The normalized spacial score (nSPS) is 11.5. The van der Waals surface area contributed by atoms with E-state index >= 15 is 0 Å². The lowest BCUT2D eigenvalue weighted by atomic mass is 10.1. The number of unbranched alkanes of at least 4 members (excludes halogenated alkanes) is 6. The lowest BCUT2D eigenvalue weighted by molar-refractivity contribution is 0.0734. The SMILES string of the molecule is CCCCCCCCCOc1ccc(-c2ccc(OC(=O)c3ccc(OC(=O)OC[C@@H](C)CC)cc3)cc2)cc1. The second kappa shape index (κ2) is 17.0. The van der Waals surface area contributed by atoms with Crippen molar-refractivity contribution in [1.29, 1.82) is 0 Å². The number of hydrogen-bond acceptors (Lipinski definition) is 6. The van der Waals surface area contributed by atoms with Gasteiger partial charge in [0.05, 0.1) is 18.8 Å². The fourth-order valence-corrected chi connectivity index (χ4v) is 3.99. The molecule has 0 saturated carbocycles. The van der Waals surface area contributed by atoms with Gasteiger partial charge in [-0.15, -0.1) is 0 Å². The summed E-state index contributed by atoms with van der Waals surface area (Å²) in [6.45, 7) is 7.31. The van der Waals surface area contributed by atoms with Crippen LogP contribution in [0.3, 0.4) is 0 Å². The number of ether oxygens (including phenoxy) is 4. The summed E-state index contributed by atoms with van der Waals surface area (Å²) in [7, 11) is 0. The fourth-order valence-electron chi connectivity index (χ4n) is 3.99. The van der Waals surface area contributed by atoms with E-state index in [-0.39, 0.29) is 5.92 Å². The van der Waals surface area contributed by atoms with E-state index < -0.39 is 12.1 Å². The molecule has 0 aliphatic heterocycles. The monoisotopic (exact) mass is 546 g/mol. The van der Waals surface area contributed by atoms with E-state index in [1.165, 1.54) is 50.7 Å². The molecule has 0 radical (unpaired) electrons. The molecule has 3 aromatic rings. The van der Waals surface area contributed by atoms with Gasteiger partial charge in [-0.1, -0.05) is 90.0 Å². The maximum atomic E-state index is 12.6. The Morgan fingerprint density at radius 1 is 0.650 bits per heavy atom. The zero-order valence-electron chi connectivity index (χ0n) is 24.0. The molecular weight excluding hydrogens is 504 g/mol. The summed E-state index contributed by atoms with van der Waals surface area (Å²) in [6.07, 6.45) is 9.01. The van der Waals surface area contributed by atoms with Crippen LogP contribution in [-0.4, -0.2) is 25.3 Å². The van der Waals surface area contributed by atoms with Crippen molar-refractivity contribution in [2.24, 2.45) is 5.92 Å². The molecule has 3 rings (SSSR count). The molecule has 0 fully saturated rings. The van der Waals surface area contributed by atoms with Crippen LogP contribution >= 0.6 is 0 Å². The predicted molar refractivity (Wildman–Crippen MR) is 158 cm³/mol. The molecule has 0 aliphatic carbocycles. The van der Waals surface area contributed by atoms with Gasteiger partial charge in [0, 0.05) is 0 Å². The van der Waals surface area contributed by atoms with E-state index in [1.54, 1.807) is 24.3 Å². The highest BCUT2D eigenvalue weighted by atomic mass is 16.7. The quantitative estimate of drug-likeness (QED) is 0.0772. The van der Waals surface area contributed by atoms with Gasteiger partial charge in [-0.25, -0.2) is 9.59 Å². The molecule has 6 nitrogen and oxygen atoms in total. The molecule has 3 aromatic carbocycles. The predicted octanol–water partition coefficient (Wildman–Crippen LogP) is 9.26. The smallest absolute Gasteiger partial charge is 0.494 e. The molecule has 0 saturated heterocycles. The van der Waals surface area contributed by atoms with Gasteiger partial charge in [0.25, 0.3) is 0 Å². The van der Waals surface area contributed by atoms with Crippen molar-refractivity contribution in [3.8, 4) is 28.4 Å². The number of esters is 1. The third kappa shape index (κ3) is 10.8. The van der Waals surface area contributed by atoms with E-state index in [2.05, 4.69) is 6.92 Å². The average Bonchev–Trinajstić information content (AvgIpc) is 2.98. The number of carbonyl (C=O) groups excluding carboxylic acids is 2. The molecule has 1 atom stereocenters. The molecule has 214 valence electrons. The van der Waals surface area contributed by atoms with Crippen LogP contribution in [0, 0.1) is 5.92 Å². The van der Waals surface area contributed by atoms with Crippen LogP contribution in [0.5, 0.6) is 17.2 Å². The van der Waals surface area contributed by atoms with Crippen molar-refractivity contribution in [1.82, 2.24) is 0 Å². The summed E-state index contributed by atoms with van der Waals surface area (Å²) >= 11 is 0. The molecular formula is C34H42O6. The lowest BCUT2D eigenvalue weighted by Crippen LogP contribution is -2.15. The first-order valence-electron chi connectivity index (χ1n) is 14.5. The Bertz CT molecular complexity index is 1150. The third-order valence-electron chi connectivity index (χ3n) is 6.74. The highest BCUT2D eigenvalue weighted by Crippen LogP contribution is 2.25. The minimum Gasteiger partial charge on any atom is -0.494 e. The summed E-state index contributed by atoms with van der Waals surface area (Å²) in [4.78, 5) is 24.4. The van der Waals surface area contributed by atoms with Crippen LogP contribution in [-0.2, 0) is 4.74 Å². The number of carbonyl (C=O) groups is 2. The van der Waals surface area contributed by atoms with E-state index in [0.29, 0.717) is 23.7 Å². The molecule has 0 heterocycles. The van der Waals surface area contributed by atoms with Crippen molar-refractivity contribution >= 4 is 12.1 Å². The van der Waals surface area contributed by atoms with Crippen molar-refractivity contribution < 1.29 is 28.5 Å². The van der Waals surface area contributed by atoms with Gasteiger partial charge in [0.15, 0.2) is 0 Å². The van der Waals surface area contributed by atoms with Gasteiger partial charge in [-0.2, -0.15) is 0 Å². The highest BCUT2D eigenvalue weighted by Gasteiger charge is 2.12. The second-order valence-corrected chi connectivity index (χ2v) is 10.1. The number of hydrogen-bond donors (Lipinski definition) is 0. The molecule has 0 bridgehead atoms. The Labute approximate surface area is 238 Å². The largest absolute Gasteiger partial charge is 0.513 e. The lowest BCUT2D eigenvalue weighted by Gasteiger charge is -2.10. The van der Waals surface area contributed by atoms with Gasteiger partial charge < -0.3 is 18.9 Å². The minimum absolute atomic E-state index is 0.267.